The average Bonchev–Trinajstić information content (AvgIpc) is 2.82. The third kappa shape index (κ3) is 5.29. The predicted molar refractivity (Wildman–Crippen MR) is 127 cm³/mol. The summed E-state index contributed by atoms with van der Waals surface area (Å²) in [7, 11) is 1.56. The normalized spacial score (nSPS) is 12.1. The Morgan fingerprint density at radius 3 is 2.00 bits per heavy atom. The molecule has 0 radical (unpaired) electrons. The van der Waals surface area contributed by atoms with Crippen LogP contribution < -0.4 is 11.5 Å². The molecular weight excluding hydrogens is 400 g/mol. The van der Waals surface area contributed by atoms with Crippen molar-refractivity contribution in [1.29, 1.82) is 5.41 Å². The van der Waals surface area contributed by atoms with Gasteiger partial charge in [0.25, 0.3) is 5.91 Å². The van der Waals surface area contributed by atoms with Gasteiger partial charge in [0, 0.05) is 30.3 Å². The zero-order chi connectivity index (χ0) is 23.1. The Hall–Kier alpha value is -4.19. The fourth-order valence-electron chi connectivity index (χ4n) is 3.45. The van der Waals surface area contributed by atoms with Gasteiger partial charge in [-0.1, -0.05) is 78.9 Å². The quantitative estimate of drug-likeness (QED) is 0.481. The van der Waals surface area contributed by atoms with Crippen molar-refractivity contribution in [3.8, 4) is 0 Å². The maximum Gasteiger partial charge on any atom is 0.254 e. The van der Waals surface area contributed by atoms with E-state index in [1.807, 2.05) is 60.7 Å². The largest absolute Gasteiger partial charge is 0.398 e. The molecule has 0 fully saturated rings. The molecule has 3 aromatic rings. The zero-order valence-electron chi connectivity index (χ0n) is 17.9. The summed E-state index contributed by atoms with van der Waals surface area (Å²) >= 11 is 0. The molecule has 3 rings (SSSR count). The monoisotopic (exact) mass is 426 g/mol. The molecule has 0 aromatic heterocycles. The van der Waals surface area contributed by atoms with E-state index < -0.39 is 11.9 Å². The van der Waals surface area contributed by atoms with Gasteiger partial charge in [-0.05, 0) is 23.3 Å². The van der Waals surface area contributed by atoms with Crippen molar-refractivity contribution in [1.82, 2.24) is 4.90 Å². The fourth-order valence-corrected chi connectivity index (χ4v) is 3.45. The van der Waals surface area contributed by atoms with Gasteiger partial charge in [-0.15, -0.1) is 0 Å². The number of amides is 2. The van der Waals surface area contributed by atoms with Crippen LogP contribution in [0.1, 0.15) is 27.0 Å². The molecule has 0 saturated heterocycles. The number of primary amides is 1. The number of rotatable bonds is 8. The lowest BCUT2D eigenvalue weighted by atomic mass is 9.99. The Morgan fingerprint density at radius 2 is 1.41 bits per heavy atom. The topological polar surface area (TPSA) is 113 Å². The molecule has 1 atom stereocenters. The van der Waals surface area contributed by atoms with Crippen LogP contribution in [-0.4, -0.2) is 35.5 Å². The molecule has 3 aromatic carbocycles. The van der Waals surface area contributed by atoms with E-state index in [0.717, 1.165) is 5.56 Å². The summed E-state index contributed by atoms with van der Waals surface area (Å²) in [6.45, 7) is 0. The van der Waals surface area contributed by atoms with Crippen LogP contribution in [0.3, 0.4) is 0 Å². The molecule has 162 valence electrons. The van der Waals surface area contributed by atoms with E-state index in [1.54, 1.807) is 31.3 Å². The molecule has 0 heterocycles. The van der Waals surface area contributed by atoms with Crippen molar-refractivity contribution in [3.63, 3.8) is 0 Å². The highest BCUT2D eigenvalue weighted by Crippen LogP contribution is 2.20. The lowest BCUT2D eigenvalue weighted by Crippen LogP contribution is -2.47. The number of likely N-dealkylation sites (N-methyl/N-ethyl adjacent to an activating group) is 1. The minimum Gasteiger partial charge on any atom is -0.398 e. The molecule has 5 N–H and O–H groups in total. The van der Waals surface area contributed by atoms with Crippen LogP contribution in [0.5, 0.6) is 0 Å². The van der Waals surface area contributed by atoms with Crippen LogP contribution >= 0.6 is 0 Å². The highest BCUT2D eigenvalue weighted by Gasteiger charge is 2.27. The number of nitrogens with zero attached hydrogens (tertiary/aromatic N) is 1. The molecule has 0 aliphatic heterocycles. The highest BCUT2D eigenvalue weighted by atomic mass is 16.2. The minimum atomic E-state index is -0.814. The summed E-state index contributed by atoms with van der Waals surface area (Å²) < 4.78 is 0. The van der Waals surface area contributed by atoms with Gasteiger partial charge in [0.1, 0.15) is 6.04 Å². The molecule has 32 heavy (non-hydrogen) atoms. The van der Waals surface area contributed by atoms with Gasteiger partial charge in [-0.3, -0.25) is 9.59 Å². The number of nitrogens with one attached hydrogen (secondary N) is 1. The first-order valence-corrected chi connectivity index (χ1v) is 10.2. The smallest absolute Gasteiger partial charge is 0.254 e. The van der Waals surface area contributed by atoms with E-state index in [1.165, 1.54) is 11.0 Å². The van der Waals surface area contributed by atoms with Gasteiger partial charge in [0.15, 0.2) is 0 Å². The van der Waals surface area contributed by atoms with E-state index in [0.29, 0.717) is 23.1 Å². The average molecular weight is 427 g/mol. The van der Waals surface area contributed by atoms with Gasteiger partial charge < -0.3 is 21.8 Å². The number of carbonyl (C=O) groups excluding carboxylic acids is 2. The SMILES string of the molecule is CN(C(=O)c1ccccc1C(N)=CC(=N)c1ccccc1)[C@@H](Cc1ccccc1)C(N)=O. The summed E-state index contributed by atoms with van der Waals surface area (Å²) in [4.78, 5) is 26.9. The molecule has 0 aliphatic rings. The second-order valence-electron chi connectivity index (χ2n) is 7.45. The number of carbonyl (C=O) groups is 2. The second kappa shape index (κ2) is 10.2. The standard InChI is InChI=1S/C26H26N4O2/c1-30(24(25(29)31)16-18-10-4-2-5-11-18)26(32)21-15-9-8-14-20(21)23(28)17-22(27)19-12-6-3-7-13-19/h2-15,17,24,27H,16,28H2,1H3,(H2,29,31)/t24-/m0/s1. The number of hydrogen-bond donors (Lipinski definition) is 3. The van der Waals surface area contributed by atoms with Gasteiger partial charge in [0.2, 0.25) is 5.91 Å². The number of allylic oxidation sites excluding steroid dienone is 1. The van der Waals surface area contributed by atoms with Crippen LogP contribution in [0.4, 0.5) is 0 Å². The summed E-state index contributed by atoms with van der Waals surface area (Å²) in [6, 6.07) is 24.7. The van der Waals surface area contributed by atoms with E-state index in [4.69, 9.17) is 16.9 Å². The first kappa shape index (κ1) is 22.5. The maximum absolute atomic E-state index is 13.3. The lowest BCUT2D eigenvalue weighted by Gasteiger charge is -2.27. The summed E-state index contributed by atoms with van der Waals surface area (Å²) in [5.74, 6) is -0.959. The highest BCUT2D eigenvalue weighted by molar-refractivity contribution is 6.11. The Morgan fingerprint density at radius 1 is 0.875 bits per heavy atom. The van der Waals surface area contributed by atoms with Crippen LogP contribution in [0.2, 0.25) is 0 Å². The molecule has 6 nitrogen and oxygen atoms in total. The van der Waals surface area contributed by atoms with Crippen molar-refractivity contribution >= 4 is 23.2 Å². The maximum atomic E-state index is 13.3. The summed E-state index contributed by atoms with van der Waals surface area (Å²) in [6.07, 6.45) is 1.83. The van der Waals surface area contributed by atoms with Crippen LogP contribution in [0, 0.1) is 5.41 Å². The minimum absolute atomic E-state index is 0.234. The molecule has 0 spiro atoms. The molecule has 2 amide bonds. The van der Waals surface area contributed by atoms with E-state index in [9.17, 15) is 9.59 Å². The number of benzene rings is 3. The van der Waals surface area contributed by atoms with Crippen molar-refractivity contribution in [2.24, 2.45) is 11.5 Å². The van der Waals surface area contributed by atoms with E-state index >= 15 is 0 Å². The molecule has 6 heteroatoms. The third-order valence-corrected chi connectivity index (χ3v) is 5.24. The van der Waals surface area contributed by atoms with Crippen molar-refractivity contribution in [2.75, 3.05) is 7.05 Å². The van der Waals surface area contributed by atoms with Gasteiger partial charge in [-0.25, -0.2) is 0 Å². The Kier molecular flexibility index (Phi) is 7.18. The Labute approximate surface area is 187 Å². The number of hydrogen-bond acceptors (Lipinski definition) is 4. The van der Waals surface area contributed by atoms with Crippen LogP contribution in [0.25, 0.3) is 5.70 Å². The van der Waals surface area contributed by atoms with Gasteiger partial charge in [-0.2, -0.15) is 0 Å². The van der Waals surface area contributed by atoms with Crippen molar-refractivity contribution < 1.29 is 9.59 Å². The third-order valence-electron chi connectivity index (χ3n) is 5.24. The van der Waals surface area contributed by atoms with Gasteiger partial charge in [0.05, 0.1) is 5.71 Å². The van der Waals surface area contributed by atoms with E-state index in [2.05, 4.69) is 0 Å². The first-order chi connectivity index (χ1) is 15.4. The van der Waals surface area contributed by atoms with Crippen molar-refractivity contribution in [3.05, 3.63) is 113 Å². The van der Waals surface area contributed by atoms with Gasteiger partial charge >= 0.3 is 0 Å². The summed E-state index contributed by atoms with van der Waals surface area (Å²) in [5.41, 5.74) is 14.9. The molecule has 0 unspecified atom stereocenters. The number of nitrogens with two attached hydrogens (primary N) is 2. The zero-order valence-corrected chi connectivity index (χ0v) is 17.9. The molecule has 0 saturated carbocycles. The Balaban J connectivity index is 1.89. The first-order valence-electron chi connectivity index (χ1n) is 10.2. The second-order valence-corrected chi connectivity index (χ2v) is 7.45. The fraction of sp³-hybridized carbons (Fsp3) is 0.115. The van der Waals surface area contributed by atoms with Crippen LogP contribution in [0.15, 0.2) is 91.0 Å². The Bertz CT molecular complexity index is 1140. The predicted octanol–water partition coefficient (Wildman–Crippen LogP) is 3.22. The van der Waals surface area contributed by atoms with Crippen LogP contribution in [-0.2, 0) is 11.2 Å². The molecular formula is C26H26N4O2. The lowest BCUT2D eigenvalue weighted by molar-refractivity contribution is -0.122. The molecule has 0 bridgehead atoms. The van der Waals surface area contributed by atoms with Crippen molar-refractivity contribution in [2.45, 2.75) is 12.5 Å². The summed E-state index contributed by atoms with van der Waals surface area (Å²) in [5, 5.41) is 8.31. The molecule has 0 aliphatic carbocycles. The van der Waals surface area contributed by atoms with E-state index in [-0.39, 0.29) is 17.3 Å².